The summed E-state index contributed by atoms with van der Waals surface area (Å²) < 4.78 is 0. The molecule has 2 saturated heterocycles. The summed E-state index contributed by atoms with van der Waals surface area (Å²) in [4.78, 5) is 30.0. The van der Waals surface area contributed by atoms with Crippen molar-refractivity contribution in [3.05, 3.63) is 0 Å². The van der Waals surface area contributed by atoms with E-state index in [0.717, 1.165) is 26.2 Å². The molecule has 2 rings (SSSR count). The summed E-state index contributed by atoms with van der Waals surface area (Å²) >= 11 is 0. The highest BCUT2D eigenvalue weighted by Crippen LogP contribution is 2.16. The van der Waals surface area contributed by atoms with Gasteiger partial charge in [-0.3, -0.25) is 19.4 Å². The molecule has 2 heterocycles. The molecule has 5 nitrogen and oxygen atoms in total. The van der Waals surface area contributed by atoms with E-state index in [2.05, 4.69) is 30.6 Å². The second kappa shape index (κ2) is 6.22. The zero-order chi connectivity index (χ0) is 14.8. The second-order valence-electron chi connectivity index (χ2n) is 6.85. The Balaban J connectivity index is 1.75. The van der Waals surface area contributed by atoms with Crippen LogP contribution in [0.2, 0.25) is 0 Å². The van der Waals surface area contributed by atoms with Gasteiger partial charge in [0.15, 0.2) is 0 Å². The number of hydrogen-bond acceptors (Lipinski definition) is 4. The highest BCUT2D eigenvalue weighted by atomic mass is 16.2. The van der Waals surface area contributed by atoms with Crippen molar-refractivity contribution in [1.29, 1.82) is 0 Å². The van der Waals surface area contributed by atoms with Crippen LogP contribution in [0.15, 0.2) is 0 Å². The fraction of sp³-hybridized carbons (Fsp3) is 0.867. The van der Waals surface area contributed by atoms with Gasteiger partial charge in [-0.05, 0) is 20.8 Å². The lowest BCUT2D eigenvalue weighted by atomic mass is 10.0. The maximum absolute atomic E-state index is 12.2. The van der Waals surface area contributed by atoms with Crippen LogP contribution in [0, 0.1) is 0 Å². The number of carbonyl (C=O) groups excluding carboxylic acids is 2. The summed E-state index contributed by atoms with van der Waals surface area (Å²) in [5, 5.41) is 0. The summed E-state index contributed by atoms with van der Waals surface area (Å²) in [5.74, 6) is 0.467. The predicted molar refractivity (Wildman–Crippen MR) is 78.6 cm³/mol. The fourth-order valence-corrected chi connectivity index (χ4v) is 2.87. The number of amides is 1. The largest absolute Gasteiger partial charge is 0.341 e. The van der Waals surface area contributed by atoms with Gasteiger partial charge in [0.1, 0.15) is 5.78 Å². The number of piperidine rings is 1. The molecular weight excluding hydrogens is 254 g/mol. The molecule has 114 valence electrons. The van der Waals surface area contributed by atoms with E-state index in [0.29, 0.717) is 32.5 Å². The third-order valence-electron chi connectivity index (χ3n) is 4.35. The van der Waals surface area contributed by atoms with Crippen molar-refractivity contribution in [3.63, 3.8) is 0 Å². The van der Waals surface area contributed by atoms with Crippen molar-refractivity contribution < 1.29 is 9.59 Å². The SMILES string of the molecule is CC(C)(C)N1CCN(CC(=O)N2CCC(=O)CC2)CC1. The highest BCUT2D eigenvalue weighted by molar-refractivity contribution is 5.84. The molecule has 0 aliphatic carbocycles. The lowest BCUT2D eigenvalue weighted by Crippen LogP contribution is -2.55. The predicted octanol–water partition coefficient (Wildman–Crippen LogP) is 0.594. The molecule has 2 fully saturated rings. The van der Waals surface area contributed by atoms with Gasteiger partial charge in [0.25, 0.3) is 0 Å². The summed E-state index contributed by atoms with van der Waals surface area (Å²) in [5.41, 5.74) is 0.212. The number of piperazine rings is 1. The summed E-state index contributed by atoms with van der Waals surface area (Å²) in [6.45, 7) is 12.4. The maximum atomic E-state index is 12.2. The number of likely N-dealkylation sites (tertiary alicyclic amines) is 1. The molecular formula is C15H27N3O2. The Kier molecular flexibility index (Phi) is 4.81. The molecule has 0 unspecified atom stereocenters. The number of ketones is 1. The lowest BCUT2D eigenvalue weighted by molar-refractivity contribution is -0.136. The minimum absolute atomic E-state index is 0.182. The summed E-state index contributed by atoms with van der Waals surface area (Å²) in [6, 6.07) is 0. The lowest BCUT2D eigenvalue weighted by Gasteiger charge is -2.42. The Morgan fingerprint density at radius 3 is 2.05 bits per heavy atom. The van der Waals surface area contributed by atoms with Crippen LogP contribution < -0.4 is 0 Å². The third kappa shape index (κ3) is 4.03. The summed E-state index contributed by atoms with van der Waals surface area (Å²) in [6.07, 6.45) is 1.06. The van der Waals surface area contributed by atoms with Gasteiger partial charge < -0.3 is 4.90 Å². The minimum atomic E-state index is 0.182. The van der Waals surface area contributed by atoms with Gasteiger partial charge in [-0.15, -0.1) is 0 Å². The van der Waals surface area contributed by atoms with Crippen molar-refractivity contribution in [2.75, 3.05) is 45.8 Å². The zero-order valence-electron chi connectivity index (χ0n) is 13.0. The molecule has 2 aliphatic heterocycles. The number of rotatable bonds is 2. The van der Waals surface area contributed by atoms with Crippen LogP contribution in [0.4, 0.5) is 0 Å². The fourth-order valence-electron chi connectivity index (χ4n) is 2.87. The van der Waals surface area contributed by atoms with E-state index in [1.807, 2.05) is 4.90 Å². The standard InChI is InChI=1S/C15H27N3O2/c1-15(2,3)18-10-8-16(9-11-18)12-14(20)17-6-4-13(19)5-7-17/h4-12H2,1-3H3. The molecule has 0 aromatic heterocycles. The Morgan fingerprint density at radius 1 is 1.00 bits per heavy atom. The first-order valence-electron chi connectivity index (χ1n) is 7.63. The quantitative estimate of drug-likeness (QED) is 0.743. The van der Waals surface area contributed by atoms with E-state index in [9.17, 15) is 9.59 Å². The van der Waals surface area contributed by atoms with Crippen LogP contribution in [-0.2, 0) is 9.59 Å². The summed E-state index contributed by atoms with van der Waals surface area (Å²) in [7, 11) is 0. The van der Waals surface area contributed by atoms with Crippen LogP contribution in [0.5, 0.6) is 0 Å². The topological polar surface area (TPSA) is 43.9 Å². The number of nitrogens with zero attached hydrogens (tertiary/aromatic N) is 3. The zero-order valence-corrected chi connectivity index (χ0v) is 13.0. The number of carbonyl (C=O) groups is 2. The number of hydrogen-bond donors (Lipinski definition) is 0. The monoisotopic (exact) mass is 281 g/mol. The van der Waals surface area contributed by atoms with Gasteiger partial charge in [0.2, 0.25) is 5.91 Å². The maximum Gasteiger partial charge on any atom is 0.236 e. The molecule has 0 atom stereocenters. The first kappa shape index (κ1) is 15.4. The molecule has 2 aliphatic rings. The number of Topliss-reactive ketones (excluding diaryl/α,β-unsaturated/α-hetero) is 1. The van der Waals surface area contributed by atoms with Crippen LogP contribution in [0.25, 0.3) is 0 Å². The van der Waals surface area contributed by atoms with Crippen LogP contribution in [0.1, 0.15) is 33.6 Å². The molecule has 5 heteroatoms. The second-order valence-corrected chi connectivity index (χ2v) is 6.85. The van der Waals surface area contributed by atoms with Crippen LogP contribution >= 0.6 is 0 Å². The van der Waals surface area contributed by atoms with Gasteiger partial charge in [-0.25, -0.2) is 0 Å². The average molecular weight is 281 g/mol. The Bertz CT molecular complexity index is 358. The molecule has 0 aromatic carbocycles. The van der Waals surface area contributed by atoms with Crippen molar-refractivity contribution in [2.45, 2.75) is 39.2 Å². The molecule has 0 spiro atoms. The first-order valence-corrected chi connectivity index (χ1v) is 7.63. The van der Waals surface area contributed by atoms with Crippen molar-refractivity contribution in [2.24, 2.45) is 0 Å². The molecule has 0 radical (unpaired) electrons. The van der Waals surface area contributed by atoms with E-state index in [-0.39, 0.29) is 17.2 Å². The van der Waals surface area contributed by atoms with Gasteiger partial charge in [-0.2, -0.15) is 0 Å². The smallest absolute Gasteiger partial charge is 0.236 e. The Morgan fingerprint density at radius 2 is 1.55 bits per heavy atom. The van der Waals surface area contributed by atoms with E-state index in [1.54, 1.807) is 0 Å². The minimum Gasteiger partial charge on any atom is -0.341 e. The van der Waals surface area contributed by atoms with Crippen molar-refractivity contribution >= 4 is 11.7 Å². The van der Waals surface area contributed by atoms with E-state index < -0.39 is 0 Å². The Hall–Kier alpha value is -0.940. The van der Waals surface area contributed by atoms with Gasteiger partial charge >= 0.3 is 0 Å². The first-order chi connectivity index (χ1) is 9.36. The highest BCUT2D eigenvalue weighted by Gasteiger charge is 2.28. The molecule has 1 amide bonds. The van der Waals surface area contributed by atoms with Crippen molar-refractivity contribution in [1.82, 2.24) is 14.7 Å². The van der Waals surface area contributed by atoms with E-state index >= 15 is 0 Å². The van der Waals surface area contributed by atoms with Gasteiger partial charge in [0, 0.05) is 57.6 Å². The molecule has 0 aromatic rings. The van der Waals surface area contributed by atoms with E-state index in [1.165, 1.54) is 0 Å². The molecule has 0 bridgehead atoms. The van der Waals surface area contributed by atoms with Gasteiger partial charge in [0.05, 0.1) is 6.54 Å². The van der Waals surface area contributed by atoms with Gasteiger partial charge in [-0.1, -0.05) is 0 Å². The third-order valence-corrected chi connectivity index (χ3v) is 4.35. The average Bonchev–Trinajstić information content (AvgIpc) is 2.39. The van der Waals surface area contributed by atoms with Crippen molar-refractivity contribution in [3.8, 4) is 0 Å². The molecule has 20 heavy (non-hydrogen) atoms. The molecule has 0 saturated carbocycles. The Labute approximate surface area is 121 Å². The normalized spacial score (nSPS) is 23.1. The van der Waals surface area contributed by atoms with Crippen LogP contribution in [-0.4, -0.2) is 77.7 Å². The van der Waals surface area contributed by atoms with E-state index in [4.69, 9.17) is 0 Å². The van der Waals surface area contributed by atoms with Crippen LogP contribution in [0.3, 0.4) is 0 Å². The molecule has 0 N–H and O–H groups in total.